The standard InChI is InChI=1S/C16H18N2O3S/c1-3-8-16(9-10-16)22(20,21)17-15(19)13-11-18(2)14-7-5-4-6-12(13)14/h3-7,11H,1,8-10H2,2H3,(H,17,19). The molecule has 1 aromatic heterocycles. The Morgan fingerprint density at radius 1 is 1.41 bits per heavy atom. The molecule has 0 radical (unpaired) electrons. The number of nitrogens with one attached hydrogen (secondary N) is 1. The lowest BCUT2D eigenvalue weighted by Crippen LogP contribution is -2.39. The Kier molecular flexibility index (Phi) is 3.36. The highest BCUT2D eigenvalue weighted by molar-refractivity contribution is 7.91. The second kappa shape index (κ2) is 4.98. The van der Waals surface area contributed by atoms with Gasteiger partial charge in [0.05, 0.1) is 10.3 Å². The third-order valence-corrected chi connectivity index (χ3v) is 6.43. The maximum Gasteiger partial charge on any atom is 0.266 e. The van der Waals surface area contributed by atoms with Crippen LogP contribution in [0, 0.1) is 0 Å². The van der Waals surface area contributed by atoms with Crippen LogP contribution < -0.4 is 4.72 Å². The number of aryl methyl sites for hydroxylation is 1. The summed E-state index contributed by atoms with van der Waals surface area (Å²) in [5.41, 5.74) is 1.26. The van der Waals surface area contributed by atoms with E-state index in [-0.39, 0.29) is 0 Å². The SMILES string of the molecule is C=CCC1(S(=O)(=O)NC(=O)c2cn(C)c3ccccc23)CC1. The summed E-state index contributed by atoms with van der Waals surface area (Å²) >= 11 is 0. The van der Waals surface area contributed by atoms with Crippen LogP contribution in [0.1, 0.15) is 29.6 Å². The van der Waals surface area contributed by atoms with E-state index >= 15 is 0 Å². The number of aromatic nitrogens is 1. The van der Waals surface area contributed by atoms with Gasteiger partial charge >= 0.3 is 0 Å². The number of allylic oxidation sites excluding steroid dienone is 1. The fraction of sp³-hybridized carbons (Fsp3) is 0.312. The van der Waals surface area contributed by atoms with Gasteiger partial charge in [-0.15, -0.1) is 6.58 Å². The quantitative estimate of drug-likeness (QED) is 0.860. The topological polar surface area (TPSA) is 68.2 Å². The molecular formula is C16H18N2O3S. The van der Waals surface area contributed by atoms with Gasteiger partial charge in [-0.2, -0.15) is 0 Å². The third-order valence-electron chi connectivity index (χ3n) is 4.26. The molecule has 5 nitrogen and oxygen atoms in total. The summed E-state index contributed by atoms with van der Waals surface area (Å²) in [6.45, 7) is 3.60. The van der Waals surface area contributed by atoms with Crippen LogP contribution in [-0.2, 0) is 17.1 Å². The van der Waals surface area contributed by atoms with Crippen LogP contribution in [-0.4, -0.2) is 23.6 Å². The van der Waals surface area contributed by atoms with Gasteiger partial charge in [0.15, 0.2) is 0 Å². The number of amides is 1. The molecular weight excluding hydrogens is 300 g/mol. The summed E-state index contributed by atoms with van der Waals surface area (Å²) in [7, 11) is -1.87. The van der Waals surface area contributed by atoms with Crippen molar-refractivity contribution in [1.29, 1.82) is 0 Å². The number of nitrogens with zero attached hydrogens (tertiary/aromatic N) is 1. The van der Waals surface area contributed by atoms with Gasteiger partial charge in [-0.25, -0.2) is 13.1 Å². The maximum absolute atomic E-state index is 12.4. The van der Waals surface area contributed by atoms with E-state index in [9.17, 15) is 13.2 Å². The number of para-hydroxylation sites is 1. The molecule has 1 aromatic carbocycles. The summed E-state index contributed by atoms with van der Waals surface area (Å²) in [5, 5.41) is 0.742. The van der Waals surface area contributed by atoms with E-state index in [1.807, 2.05) is 35.9 Å². The lowest BCUT2D eigenvalue weighted by atomic mass is 10.2. The van der Waals surface area contributed by atoms with Gasteiger partial charge in [0.1, 0.15) is 0 Å². The summed E-state index contributed by atoms with van der Waals surface area (Å²) in [6, 6.07) is 7.41. The molecule has 0 bridgehead atoms. The van der Waals surface area contributed by atoms with Crippen molar-refractivity contribution in [1.82, 2.24) is 9.29 Å². The Morgan fingerprint density at radius 3 is 2.73 bits per heavy atom. The number of carbonyl (C=O) groups excluding carboxylic acids is 1. The number of rotatable bonds is 5. The van der Waals surface area contributed by atoms with Crippen molar-refractivity contribution in [3.63, 3.8) is 0 Å². The minimum absolute atomic E-state index is 0.366. The summed E-state index contributed by atoms with van der Waals surface area (Å²) in [5.74, 6) is -0.577. The summed E-state index contributed by atoms with van der Waals surface area (Å²) < 4.78 is 28.1. The highest BCUT2D eigenvalue weighted by atomic mass is 32.2. The fourth-order valence-electron chi connectivity index (χ4n) is 2.79. The molecule has 1 aliphatic rings. The molecule has 0 aliphatic heterocycles. The van der Waals surface area contributed by atoms with Crippen molar-refractivity contribution >= 4 is 26.8 Å². The Morgan fingerprint density at radius 2 is 2.09 bits per heavy atom. The average Bonchev–Trinajstić information content (AvgIpc) is 3.19. The van der Waals surface area contributed by atoms with Crippen molar-refractivity contribution < 1.29 is 13.2 Å². The molecule has 2 aromatic rings. The van der Waals surface area contributed by atoms with Gasteiger partial charge in [0.25, 0.3) is 5.91 Å². The molecule has 0 atom stereocenters. The zero-order valence-corrected chi connectivity index (χ0v) is 13.2. The van der Waals surface area contributed by atoms with Gasteiger partial charge in [-0.3, -0.25) is 4.79 Å². The molecule has 3 rings (SSSR count). The molecule has 1 N–H and O–H groups in total. The first-order valence-corrected chi connectivity index (χ1v) is 8.60. The van der Waals surface area contributed by atoms with E-state index < -0.39 is 20.7 Å². The third kappa shape index (κ3) is 2.23. The average molecular weight is 318 g/mol. The highest BCUT2D eigenvalue weighted by Crippen LogP contribution is 2.46. The van der Waals surface area contributed by atoms with Crippen molar-refractivity contribution in [2.24, 2.45) is 7.05 Å². The monoisotopic (exact) mass is 318 g/mol. The zero-order valence-electron chi connectivity index (χ0n) is 12.4. The maximum atomic E-state index is 12.4. The van der Waals surface area contributed by atoms with E-state index in [2.05, 4.69) is 11.3 Å². The Hall–Kier alpha value is -2.08. The van der Waals surface area contributed by atoms with Crippen LogP contribution in [0.25, 0.3) is 10.9 Å². The fourth-order valence-corrected chi connectivity index (χ4v) is 4.34. The van der Waals surface area contributed by atoms with Crippen molar-refractivity contribution in [3.8, 4) is 0 Å². The van der Waals surface area contributed by atoms with Crippen molar-refractivity contribution in [2.75, 3.05) is 0 Å². The van der Waals surface area contributed by atoms with Gasteiger partial charge in [0, 0.05) is 24.1 Å². The number of sulfonamides is 1. The van der Waals surface area contributed by atoms with Gasteiger partial charge in [-0.05, 0) is 25.3 Å². The summed E-state index contributed by atoms with van der Waals surface area (Å²) in [6.07, 6.45) is 4.75. The minimum atomic E-state index is -3.70. The number of hydrogen-bond donors (Lipinski definition) is 1. The Labute approximate surface area is 129 Å². The van der Waals surface area contributed by atoms with Crippen molar-refractivity contribution in [3.05, 3.63) is 48.7 Å². The van der Waals surface area contributed by atoms with E-state index in [0.717, 1.165) is 10.9 Å². The van der Waals surface area contributed by atoms with E-state index in [1.165, 1.54) is 0 Å². The largest absolute Gasteiger partial charge is 0.350 e. The van der Waals surface area contributed by atoms with E-state index in [4.69, 9.17) is 0 Å². The number of carbonyl (C=O) groups is 1. The van der Waals surface area contributed by atoms with Crippen LogP contribution >= 0.6 is 0 Å². The van der Waals surface area contributed by atoms with Gasteiger partial charge in [0.2, 0.25) is 10.0 Å². The predicted molar refractivity (Wildman–Crippen MR) is 86.1 cm³/mol. The normalized spacial score (nSPS) is 16.4. The zero-order chi connectivity index (χ0) is 16.0. The van der Waals surface area contributed by atoms with Gasteiger partial charge in [-0.1, -0.05) is 24.3 Å². The molecule has 1 heterocycles. The first-order valence-electron chi connectivity index (χ1n) is 7.12. The molecule has 6 heteroatoms. The van der Waals surface area contributed by atoms with Gasteiger partial charge < -0.3 is 4.57 Å². The molecule has 0 unspecified atom stereocenters. The van der Waals surface area contributed by atoms with E-state index in [0.29, 0.717) is 24.8 Å². The predicted octanol–water partition coefficient (Wildman–Crippen LogP) is 2.35. The highest BCUT2D eigenvalue weighted by Gasteiger charge is 2.54. The second-order valence-corrected chi connectivity index (χ2v) is 7.86. The molecule has 1 aliphatic carbocycles. The molecule has 1 fully saturated rings. The molecule has 0 saturated heterocycles. The van der Waals surface area contributed by atoms with Crippen LogP contribution in [0.15, 0.2) is 43.1 Å². The molecule has 1 saturated carbocycles. The molecule has 1 amide bonds. The smallest absolute Gasteiger partial charge is 0.266 e. The first-order chi connectivity index (χ1) is 10.4. The number of benzene rings is 1. The Balaban J connectivity index is 1.93. The van der Waals surface area contributed by atoms with Crippen LogP contribution in [0.3, 0.4) is 0 Å². The minimum Gasteiger partial charge on any atom is -0.350 e. The molecule has 22 heavy (non-hydrogen) atoms. The van der Waals surface area contributed by atoms with Crippen LogP contribution in [0.5, 0.6) is 0 Å². The van der Waals surface area contributed by atoms with Crippen molar-refractivity contribution in [2.45, 2.75) is 24.0 Å². The number of hydrogen-bond acceptors (Lipinski definition) is 3. The van der Waals surface area contributed by atoms with E-state index in [1.54, 1.807) is 12.3 Å². The number of fused-ring (bicyclic) bond motifs is 1. The lowest BCUT2D eigenvalue weighted by molar-refractivity contribution is 0.0982. The van der Waals surface area contributed by atoms with Crippen LogP contribution in [0.2, 0.25) is 0 Å². The molecule has 0 spiro atoms. The summed E-state index contributed by atoms with van der Waals surface area (Å²) in [4.78, 5) is 12.4. The first kappa shape index (κ1) is 14.8. The van der Waals surface area contributed by atoms with Crippen LogP contribution in [0.4, 0.5) is 0 Å². The second-order valence-electron chi connectivity index (χ2n) is 5.78. The Bertz CT molecular complexity index is 861. The lowest BCUT2D eigenvalue weighted by Gasteiger charge is -2.14. The molecule has 116 valence electrons.